The SMILES string of the molecule is CCCCC(CC)N/C(CC1CC1)=C(\C)c1ccnc(NC2CCCCC2)n1. The van der Waals surface area contributed by atoms with Gasteiger partial charge >= 0.3 is 0 Å². The van der Waals surface area contributed by atoms with Crippen LogP contribution in [0.3, 0.4) is 0 Å². The Hall–Kier alpha value is -1.58. The molecule has 28 heavy (non-hydrogen) atoms. The van der Waals surface area contributed by atoms with Gasteiger partial charge in [0.25, 0.3) is 0 Å². The normalized spacial score (nSPS) is 19.8. The van der Waals surface area contributed by atoms with E-state index in [1.807, 2.05) is 6.20 Å². The van der Waals surface area contributed by atoms with E-state index < -0.39 is 0 Å². The summed E-state index contributed by atoms with van der Waals surface area (Å²) in [5.74, 6) is 1.66. The van der Waals surface area contributed by atoms with Crippen LogP contribution in [-0.2, 0) is 0 Å². The molecule has 3 rings (SSSR count). The molecule has 0 aromatic carbocycles. The topological polar surface area (TPSA) is 49.8 Å². The van der Waals surface area contributed by atoms with E-state index in [1.165, 1.54) is 88.3 Å². The van der Waals surface area contributed by atoms with E-state index in [-0.39, 0.29) is 0 Å². The van der Waals surface area contributed by atoms with Crippen molar-refractivity contribution >= 4 is 11.5 Å². The number of rotatable bonds is 11. The van der Waals surface area contributed by atoms with Crippen LogP contribution < -0.4 is 10.6 Å². The van der Waals surface area contributed by atoms with E-state index in [0.29, 0.717) is 12.1 Å². The molecule has 156 valence electrons. The molecule has 1 aromatic rings. The number of allylic oxidation sites excluding steroid dienone is 2. The molecule has 0 saturated heterocycles. The van der Waals surface area contributed by atoms with Gasteiger partial charge in [0.2, 0.25) is 5.95 Å². The van der Waals surface area contributed by atoms with Gasteiger partial charge in [-0.15, -0.1) is 0 Å². The molecule has 0 spiro atoms. The first-order valence-corrected chi connectivity index (χ1v) is 11.8. The summed E-state index contributed by atoms with van der Waals surface area (Å²) >= 11 is 0. The summed E-state index contributed by atoms with van der Waals surface area (Å²) in [7, 11) is 0. The molecule has 1 heterocycles. The Morgan fingerprint density at radius 1 is 1.14 bits per heavy atom. The summed E-state index contributed by atoms with van der Waals surface area (Å²) in [6.07, 6.45) is 17.3. The summed E-state index contributed by atoms with van der Waals surface area (Å²) in [6.45, 7) is 6.82. The molecular formula is C24H40N4. The maximum absolute atomic E-state index is 4.89. The van der Waals surface area contributed by atoms with Crippen LogP contribution in [0.15, 0.2) is 18.0 Å². The van der Waals surface area contributed by atoms with Crippen molar-refractivity contribution in [1.82, 2.24) is 15.3 Å². The van der Waals surface area contributed by atoms with Crippen molar-refractivity contribution in [3.8, 4) is 0 Å². The fourth-order valence-corrected chi connectivity index (χ4v) is 4.23. The van der Waals surface area contributed by atoms with Crippen molar-refractivity contribution in [1.29, 1.82) is 0 Å². The Balaban J connectivity index is 1.74. The highest BCUT2D eigenvalue weighted by molar-refractivity contribution is 5.64. The van der Waals surface area contributed by atoms with Crippen LogP contribution in [0, 0.1) is 5.92 Å². The van der Waals surface area contributed by atoms with Crippen molar-refractivity contribution < 1.29 is 0 Å². The number of unbranched alkanes of at least 4 members (excludes halogenated alkanes) is 1. The molecule has 0 aliphatic heterocycles. The van der Waals surface area contributed by atoms with Gasteiger partial charge in [0.1, 0.15) is 0 Å². The molecule has 4 nitrogen and oxygen atoms in total. The van der Waals surface area contributed by atoms with Gasteiger partial charge in [0.15, 0.2) is 0 Å². The fraction of sp³-hybridized carbons (Fsp3) is 0.750. The van der Waals surface area contributed by atoms with E-state index >= 15 is 0 Å². The first-order valence-electron chi connectivity index (χ1n) is 11.8. The van der Waals surface area contributed by atoms with Gasteiger partial charge in [-0.25, -0.2) is 9.97 Å². The number of hydrogen-bond acceptors (Lipinski definition) is 4. The average Bonchev–Trinajstić information content (AvgIpc) is 3.55. The highest BCUT2D eigenvalue weighted by Gasteiger charge is 2.25. The average molecular weight is 385 g/mol. The van der Waals surface area contributed by atoms with Crippen LogP contribution in [0.1, 0.15) is 104 Å². The lowest BCUT2D eigenvalue weighted by Gasteiger charge is -2.24. The Morgan fingerprint density at radius 2 is 1.93 bits per heavy atom. The number of aromatic nitrogens is 2. The second-order valence-corrected chi connectivity index (χ2v) is 8.89. The highest BCUT2D eigenvalue weighted by Crippen LogP contribution is 2.36. The summed E-state index contributed by atoms with van der Waals surface area (Å²) in [5.41, 5.74) is 3.78. The quantitative estimate of drug-likeness (QED) is 0.469. The minimum atomic E-state index is 0.538. The van der Waals surface area contributed by atoms with Crippen molar-refractivity contribution in [3.63, 3.8) is 0 Å². The van der Waals surface area contributed by atoms with Crippen molar-refractivity contribution in [2.45, 2.75) is 110 Å². The first-order chi connectivity index (χ1) is 13.7. The fourth-order valence-electron chi connectivity index (χ4n) is 4.23. The third-order valence-electron chi connectivity index (χ3n) is 6.40. The third-order valence-corrected chi connectivity index (χ3v) is 6.40. The standard InChI is InChI=1S/C24H40N4/c1-4-6-10-20(5-2)26-23(17-19-13-14-19)18(3)22-15-16-25-24(28-22)27-21-11-8-7-9-12-21/h15-16,19-21,26H,4-14,17H2,1-3H3,(H,25,27,28)/b23-18+. The maximum Gasteiger partial charge on any atom is 0.223 e. The van der Waals surface area contributed by atoms with Crippen LogP contribution in [0.2, 0.25) is 0 Å². The molecule has 1 atom stereocenters. The molecule has 2 fully saturated rings. The lowest BCUT2D eigenvalue weighted by atomic mass is 9.96. The lowest BCUT2D eigenvalue weighted by Crippen LogP contribution is -2.29. The molecule has 4 heteroatoms. The predicted molar refractivity (Wildman–Crippen MR) is 119 cm³/mol. The maximum atomic E-state index is 4.89. The molecule has 1 aromatic heterocycles. The highest BCUT2D eigenvalue weighted by atomic mass is 15.1. The van der Waals surface area contributed by atoms with E-state index in [9.17, 15) is 0 Å². The van der Waals surface area contributed by atoms with Crippen LogP contribution in [-0.4, -0.2) is 22.1 Å². The predicted octanol–water partition coefficient (Wildman–Crippen LogP) is 6.31. The van der Waals surface area contributed by atoms with Crippen LogP contribution >= 0.6 is 0 Å². The zero-order valence-electron chi connectivity index (χ0n) is 18.3. The molecule has 2 saturated carbocycles. The van der Waals surface area contributed by atoms with Crippen molar-refractivity contribution in [2.75, 3.05) is 5.32 Å². The molecule has 2 aliphatic carbocycles. The van der Waals surface area contributed by atoms with Gasteiger partial charge in [-0.3, -0.25) is 0 Å². The minimum absolute atomic E-state index is 0.538. The Morgan fingerprint density at radius 3 is 2.61 bits per heavy atom. The summed E-state index contributed by atoms with van der Waals surface area (Å²) in [4.78, 5) is 9.39. The second-order valence-electron chi connectivity index (χ2n) is 8.89. The number of hydrogen-bond donors (Lipinski definition) is 2. The number of nitrogens with one attached hydrogen (secondary N) is 2. The van der Waals surface area contributed by atoms with Gasteiger partial charge in [-0.1, -0.05) is 46.0 Å². The summed E-state index contributed by atoms with van der Waals surface area (Å²) < 4.78 is 0. The van der Waals surface area contributed by atoms with Crippen LogP contribution in [0.5, 0.6) is 0 Å². The van der Waals surface area contributed by atoms with Crippen LogP contribution in [0.4, 0.5) is 5.95 Å². The van der Waals surface area contributed by atoms with Gasteiger partial charge < -0.3 is 10.6 Å². The largest absolute Gasteiger partial charge is 0.385 e. The molecule has 0 bridgehead atoms. The summed E-state index contributed by atoms with van der Waals surface area (Å²) in [6, 6.07) is 3.18. The van der Waals surface area contributed by atoms with Gasteiger partial charge in [-0.05, 0) is 69.4 Å². The lowest BCUT2D eigenvalue weighted by molar-refractivity contribution is 0.461. The third kappa shape index (κ3) is 6.49. The molecule has 0 amide bonds. The minimum Gasteiger partial charge on any atom is -0.385 e. The number of nitrogens with zero attached hydrogens (tertiary/aromatic N) is 2. The zero-order valence-corrected chi connectivity index (χ0v) is 18.3. The van der Waals surface area contributed by atoms with Gasteiger partial charge in [0.05, 0.1) is 5.69 Å². The smallest absolute Gasteiger partial charge is 0.223 e. The van der Waals surface area contributed by atoms with E-state index in [2.05, 4.69) is 42.5 Å². The molecular weight excluding hydrogens is 344 g/mol. The van der Waals surface area contributed by atoms with E-state index in [0.717, 1.165) is 17.6 Å². The Kier molecular flexibility index (Phi) is 8.17. The van der Waals surface area contributed by atoms with E-state index in [1.54, 1.807) is 0 Å². The first kappa shape index (κ1) is 21.1. The molecule has 2 N–H and O–H groups in total. The Labute approximate surface area is 172 Å². The van der Waals surface area contributed by atoms with Gasteiger partial charge in [-0.2, -0.15) is 0 Å². The van der Waals surface area contributed by atoms with Crippen molar-refractivity contribution in [3.05, 3.63) is 23.7 Å². The van der Waals surface area contributed by atoms with E-state index in [4.69, 9.17) is 4.98 Å². The molecule has 0 radical (unpaired) electrons. The monoisotopic (exact) mass is 384 g/mol. The molecule has 2 aliphatic rings. The molecule has 1 unspecified atom stereocenters. The number of anilines is 1. The zero-order chi connectivity index (χ0) is 19.8. The van der Waals surface area contributed by atoms with Crippen LogP contribution in [0.25, 0.3) is 5.57 Å². The summed E-state index contributed by atoms with van der Waals surface area (Å²) in [5, 5.41) is 7.49. The second kappa shape index (κ2) is 10.8. The Bertz CT molecular complexity index is 629. The van der Waals surface area contributed by atoms with Crippen molar-refractivity contribution in [2.24, 2.45) is 5.92 Å². The van der Waals surface area contributed by atoms with Gasteiger partial charge in [0, 0.05) is 24.0 Å².